The van der Waals surface area contributed by atoms with E-state index in [0.717, 1.165) is 11.6 Å². The number of hydrogen-bond acceptors (Lipinski definition) is 6. The summed E-state index contributed by atoms with van der Waals surface area (Å²) in [6, 6.07) is 8.05. The summed E-state index contributed by atoms with van der Waals surface area (Å²) in [7, 11) is -2.27. The summed E-state index contributed by atoms with van der Waals surface area (Å²) in [5.41, 5.74) is 2.90. The number of fused-ring (bicyclic) bond motifs is 1. The fourth-order valence-corrected chi connectivity index (χ4v) is 4.18. The maximum Gasteiger partial charge on any atom is 0.267 e. The first kappa shape index (κ1) is 17.9. The fraction of sp³-hybridized carbons (Fsp3) is 0.176. The predicted octanol–water partition coefficient (Wildman–Crippen LogP) is 1.36. The van der Waals surface area contributed by atoms with Gasteiger partial charge in [0.15, 0.2) is 0 Å². The number of hydrogen-bond donors (Lipinski definition) is 2. The molecule has 2 heterocycles. The van der Waals surface area contributed by atoms with Gasteiger partial charge in [-0.2, -0.15) is 0 Å². The summed E-state index contributed by atoms with van der Waals surface area (Å²) >= 11 is 0. The number of benzene rings is 1. The van der Waals surface area contributed by atoms with Crippen LogP contribution in [0.4, 0.5) is 5.82 Å². The van der Waals surface area contributed by atoms with Gasteiger partial charge in [-0.3, -0.25) is 10.0 Å². The Hall–Kier alpha value is -2.91. The van der Waals surface area contributed by atoms with Crippen LogP contribution in [0.1, 0.15) is 11.1 Å². The van der Waals surface area contributed by atoms with Gasteiger partial charge in [-0.1, -0.05) is 6.07 Å². The van der Waals surface area contributed by atoms with Crippen molar-refractivity contribution in [3.63, 3.8) is 0 Å². The lowest BCUT2D eigenvalue weighted by molar-refractivity contribution is -0.124. The number of aromatic nitrogens is 1. The standard InChI is InChI=1S/C17H17N3O5S/c1-25-14-3-2-4-15(10-14)26(23,24)20-8-7-13-9-12(11-18-17(13)20)5-6-16(21)19-22/h2-6,9-11,22H,7-8H2,1H3,(H,19,21). The van der Waals surface area contributed by atoms with Gasteiger partial charge in [-0.15, -0.1) is 0 Å². The van der Waals surface area contributed by atoms with E-state index >= 15 is 0 Å². The Kier molecular flexibility index (Phi) is 4.92. The number of carbonyl (C=O) groups excluding carboxylic acids is 1. The van der Waals surface area contributed by atoms with Gasteiger partial charge in [0.1, 0.15) is 11.6 Å². The quantitative estimate of drug-likeness (QED) is 0.464. The predicted molar refractivity (Wildman–Crippen MR) is 94.4 cm³/mol. The molecule has 0 spiro atoms. The first-order valence-corrected chi connectivity index (χ1v) is 9.17. The van der Waals surface area contributed by atoms with Crippen molar-refractivity contribution in [2.45, 2.75) is 11.3 Å². The van der Waals surface area contributed by atoms with Crippen molar-refractivity contribution in [3.8, 4) is 5.75 Å². The van der Waals surface area contributed by atoms with Crippen LogP contribution in [0.15, 0.2) is 47.5 Å². The van der Waals surface area contributed by atoms with Gasteiger partial charge in [0, 0.05) is 24.9 Å². The number of carbonyl (C=O) groups is 1. The molecule has 0 aliphatic carbocycles. The lowest BCUT2D eigenvalue weighted by atomic mass is 10.1. The molecule has 1 aliphatic rings. The maximum atomic E-state index is 12.9. The number of hydroxylamine groups is 1. The Morgan fingerprint density at radius 3 is 2.92 bits per heavy atom. The molecule has 136 valence electrons. The van der Waals surface area contributed by atoms with Crippen LogP contribution in [-0.4, -0.2) is 38.2 Å². The second kappa shape index (κ2) is 7.14. The molecule has 9 heteroatoms. The largest absolute Gasteiger partial charge is 0.497 e. The molecule has 0 atom stereocenters. The zero-order valence-corrected chi connectivity index (χ0v) is 14.7. The summed E-state index contributed by atoms with van der Waals surface area (Å²) in [4.78, 5) is 15.4. The molecule has 0 saturated heterocycles. The molecule has 0 unspecified atom stereocenters. The van der Waals surface area contributed by atoms with Gasteiger partial charge in [-0.05, 0) is 41.8 Å². The topological polar surface area (TPSA) is 109 Å². The second-order valence-electron chi connectivity index (χ2n) is 5.57. The van der Waals surface area contributed by atoms with Gasteiger partial charge >= 0.3 is 0 Å². The average molecular weight is 375 g/mol. The highest BCUT2D eigenvalue weighted by Crippen LogP contribution is 2.32. The molecule has 0 radical (unpaired) electrons. The number of rotatable bonds is 5. The van der Waals surface area contributed by atoms with E-state index < -0.39 is 15.9 Å². The lowest BCUT2D eigenvalue weighted by Crippen LogP contribution is -2.29. The zero-order chi connectivity index (χ0) is 18.7. The maximum absolute atomic E-state index is 12.9. The summed E-state index contributed by atoms with van der Waals surface area (Å²) in [6.45, 7) is 0.284. The molecule has 1 amide bonds. The summed E-state index contributed by atoms with van der Waals surface area (Å²) in [5.74, 6) is 0.172. The minimum atomic E-state index is -3.75. The van der Waals surface area contributed by atoms with Crippen LogP contribution in [0.5, 0.6) is 5.75 Å². The van der Waals surface area contributed by atoms with Crippen LogP contribution in [0.3, 0.4) is 0 Å². The van der Waals surface area contributed by atoms with Gasteiger partial charge in [0.25, 0.3) is 15.9 Å². The average Bonchev–Trinajstić information content (AvgIpc) is 3.10. The fourth-order valence-electron chi connectivity index (χ4n) is 2.68. The molecule has 26 heavy (non-hydrogen) atoms. The van der Waals surface area contributed by atoms with Crippen LogP contribution in [-0.2, 0) is 21.2 Å². The molecule has 1 aliphatic heterocycles. The molecular weight excluding hydrogens is 358 g/mol. The highest BCUT2D eigenvalue weighted by molar-refractivity contribution is 7.92. The highest BCUT2D eigenvalue weighted by atomic mass is 32.2. The summed E-state index contributed by atoms with van der Waals surface area (Å²) in [6.07, 6.45) is 4.62. The number of anilines is 1. The van der Waals surface area contributed by atoms with Gasteiger partial charge < -0.3 is 4.74 Å². The van der Waals surface area contributed by atoms with E-state index in [4.69, 9.17) is 9.94 Å². The minimum Gasteiger partial charge on any atom is -0.497 e. The smallest absolute Gasteiger partial charge is 0.267 e. The van der Waals surface area contributed by atoms with Crippen LogP contribution in [0.2, 0.25) is 0 Å². The Labute approximate surface area is 150 Å². The van der Waals surface area contributed by atoms with Gasteiger partial charge in [-0.25, -0.2) is 23.2 Å². The molecule has 0 saturated carbocycles. The molecule has 2 aromatic rings. The number of sulfonamides is 1. The van der Waals surface area contributed by atoms with E-state index in [1.165, 1.54) is 41.3 Å². The lowest BCUT2D eigenvalue weighted by Gasteiger charge is -2.19. The van der Waals surface area contributed by atoms with Crippen molar-refractivity contribution in [2.75, 3.05) is 18.0 Å². The van der Waals surface area contributed by atoms with Crippen LogP contribution in [0, 0.1) is 0 Å². The normalized spacial score (nSPS) is 13.7. The third-order valence-corrected chi connectivity index (χ3v) is 5.74. The van der Waals surface area contributed by atoms with E-state index in [0.29, 0.717) is 23.6 Å². The Morgan fingerprint density at radius 1 is 1.38 bits per heavy atom. The van der Waals surface area contributed by atoms with Crippen molar-refractivity contribution < 1.29 is 23.2 Å². The molecule has 0 bridgehead atoms. The molecule has 3 rings (SSSR count). The monoisotopic (exact) mass is 375 g/mol. The van der Waals surface area contributed by atoms with E-state index in [-0.39, 0.29) is 11.4 Å². The number of amides is 1. The minimum absolute atomic E-state index is 0.134. The Bertz CT molecular complexity index is 972. The SMILES string of the molecule is COc1cccc(S(=O)(=O)N2CCc3cc(C=CC(=O)NO)cnc32)c1. The second-order valence-corrected chi connectivity index (χ2v) is 7.43. The first-order valence-electron chi connectivity index (χ1n) is 7.73. The molecule has 8 nitrogen and oxygen atoms in total. The van der Waals surface area contributed by atoms with Crippen molar-refractivity contribution in [2.24, 2.45) is 0 Å². The van der Waals surface area contributed by atoms with Crippen LogP contribution >= 0.6 is 0 Å². The third-order valence-electron chi connectivity index (χ3n) is 3.95. The number of nitrogens with one attached hydrogen (secondary N) is 1. The number of nitrogens with zero attached hydrogens (tertiary/aromatic N) is 2. The van der Waals surface area contributed by atoms with Crippen LogP contribution < -0.4 is 14.5 Å². The summed E-state index contributed by atoms with van der Waals surface area (Å²) in [5, 5.41) is 8.49. The molecule has 1 aromatic heterocycles. The molecule has 1 aromatic carbocycles. The third kappa shape index (κ3) is 3.39. The van der Waals surface area contributed by atoms with Crippen LogP contribution in [0.25, 0.3) is 6.08 Å². The molecule has 0 fully saturated rings. The van der Waals surface area contributed by atoms with Gasteiger partial charge in [0.05, 0.1) is 12.0 Å². The number of methoxy groups -OCH3 is 1. The van der Waals surface area contributed by atoms with E-state index in [1.807, 2.05) is 0 Å². The Balaban J connectivity index is 1.91. The van der Waals surface area contributed by atoms with E-state index in [1.54, 1.807) is 18.2 Å². The van der Waals surface area contributed by atoms with Crippen molar-refractivity contribution >= 4 is 27.8 Å². The van der Waals surface area contributed by atoms with Crippen molar-refractivity contribution in [1.82, 2.24) is 10.5 Å². The zero-order valence-electron chi connectivity index (χ0n) is 13.9. The van der Waals surface area contributed by atoms with E-state index in [2.05, 4.69) is 4.98 Å². The summed E-state index contributed by atoms with van der Waals surface area (Å²) < 4.78 is 32.2. The van der Waals surface area contributed by atoms with Crippen molar-refractivity contribution in [3.05, 3.63) is 53.7 Å². The van der Waals surface area contributed by atoms with E-state index in [9.17, 15) is 13.2 Å². The highest BCUT2D eigenvalue weighted by Gasteiger charge is 2.32. The Morgan fingerprint density at radius 2 is 2.19 bits per heavy atom. The molecule has 2 N–H and O–H groups in total. The molecular formula is C17H17N3O5S. The first-order chi connectivity index (χ1) is 12.5. The van der Waals surface area contributed by atoms with Gasteiger partial charge in [0.2, 0.25) is 0 Å². The van der Waals surface area contributed by atoms with Crippen molar-refractivity contribution in [1.29, 1.82) is 0 Å². The number of pyridine rings is 1. The number of ether oxygens (including phenoxy) is 1.